The van der Waals surface area contributed by atoms with Crippen LogP contribution in [0.1, 0.15) is 31.2 Å². The van der Waals surface area contributed by atoms with Gasteiger partial charge in [-0.05, 0) is 74.0 Å². The number of ether oxygens (including phenoxy) is 1. The Hall–Kier alpha value is -2.05. The van der Waals surface area contributed by atoms with E-state index in [9.17, 15) is 8.42 Å². The van der Waals surface area contributed by atoms with E-state index in [2.05, 4.69) is 17.1 Å². The van der Waals surface area contributed by atoms with Crippen molar-refractivity contribution in [3.63, 3.8) is 0 Å². The number of fused-ring (bicyclic) bond motifs is 3. The van der Waals surface area contributed by atoms with Crippen molar-refractivity contribution in [3.05, 3.63) is 48.0 Å². The summed E-state index contributed by atoms with van der Waals surface area (Å²) >= 11 is 0. The molecule has 4 rings (SSSR count). The number of rotatable bonds is 4. The maximum absolute atomic E-state index is 13.1. The van der Waals surface area contributed by atoms with Crippen molar-refractivity contribution in [2.45, 2.75) is 41.5 Å². The van der Waals surface area contributed by atoms with E-state index in [1.165, 1.54) is 0 Å². The van der Waals surface area contributed by atoms with Crippen LogP contribution >= 0.6 is 0 Å². The highest BCUT2D eigenvalue weighted by Crippen LogP contribution is 2.42. The van der Waals surface area contributed by atoms with Gasteiger partial charge in [-0.3, -0.25) is 0 Å². The molecule has 1 fully saturated rings. The maximum Gasteiger partial charge on any atom is 0.206 e. The highest BCUT2D eigenvalue weighted by atomic mass is 32.2. The van der Waals surface area contributed by atoms with Crippen molar-refractivity contribution in [2.24, 2.45) is 0 Å². The Morgan fingerprint density at radius 3 is 2.48 bits per heavy atom. The van der Waals surface area contributed by atoms with Crippen LogP contribution in [-0.4, -0.2) is 46.1 Å². The van der Waals surface area contributed by atoms with Gasteiger partial charge in [-0.15, -0.1) is 0 Å². The molecular formula is C21H26N2O3S. The molecule has 144 valence electrons. The zero-order valence-electron chi connectivity index (χ0n) is 15.8. The van der Waals surface area contributed by atoms with Crippen LogP contribution in [-0.2, 0) is 9.84 Å². The smallest absolute Gasteiger partial charge is 0.206 e. The summed E-state index contributed by atoms with van der Waals surface area (Å²) in [4.78, 5) is 3.13. The highest BCUT2D eigenvalue weighted by molar-refractivity contribution is 7.91. The summed E-state index contributed by atoms with van der Waals surface area (Å²) in [5, 5.41) is 3.62. The fraction of sp³-hybridized carbons (Fsp3) is 0.429. The monoisotopic (exact) mass is 386 g/mol. The number of hydrogen-bond acceptors (Lipinski definition) is 5. The minimum Gasteiger partial charge on any atom is -0.497 e. The molecule has 2 aromatic rings. The highest BCUT2D eigenvalue weighted by Gasteiger charge is 2.35. The molecule has 1 N–H and O–H groups in total. The third-order valence-electron chi connectivity index (χ3n) is 5.89. The summed E-state index contributed by atoms with van der Waals surface area (Å²) in [6, 6.07) is 12.5. The van der Waals surface area contributed by atoms with Crippen LogP contribution in [0.3, 0.4) is 0 Å². The minimum absolute atomic E-state index is 0.295. The minimum atomic E-state index is -3.54. The predicted molar refractivity (Wildman–Crippen MR) is 106 cm³/mol. The number of methoxy groups -OCH3 is 1. The predicted octanol–water partition coefficient (Wildman–Crippen LogP) is 3.52. The van der Waals surface area contributed by atoms with E-state index in [1.54, 1.807) is 37.4 Å². The Kier molecular flexibility index (Phi) is 4.86. The summed E-state index contributed by atoms with van der Waals surface area (Å²) in [7, 11) is -1.97. The molecule has 2 aliphatic rings. The van der Waals surface area contributed by atoms with E-state index in [0.29, 0.717) is 27.5 Å². The molecule has 1 saturated heterocycles. The largest absolute Gasteiger partial charge is 0.497 e. The molecule has 0 aliphatic carbocycles. The molecule has 2 aromatic carbocycles. The summed E-state index contributed by atoms with van der Waals surface area (Å²) in [5.74, 6) is 1.02. The van der Waals surface area contributed by atoms with Crippen molar-refractivity contribution in [2.75, 3.05) is 32.1 Å². The van der Waals surface area contributed by atoms with Gasteiger partial charge >= 0.3 is 0 Å². The lowest BCUT2D eigenvalue weighted by molar-refractivity contribution is 0.298. The zero-order chi connectivity index (χ0) is 19.0. The van der Waals surface area contributed by atoms with Gasteiger partial charge in [0.05, 0.1) is 16.9 Å². The van der Waals surface area contributed by atoms with Gasteiger partial charge in [0, 0.05) is 24.2 Å². The summed E-state index contributed by atoms with van der Waals surface area (Å²) < 4.78 is 31.3. The molecule has 6 heteroatoms. The van der Waals surface area contributed by atoms with Gasteiger partial charge in [-0.2, -0.15) is 0 Å². The first kappa shape index (κ1) is 18.3. The van der Waals surface area contributed by atoms with Gasteiger partial charge in [0.25, 0.3) is 0 Å². The lowest BCUT2D eigenvalue weighted by atomic mass is 9.91. The van der Waals surface area contributed by atoms with E-state index in [1.807, 2.05) is 12.1 Å². The van der Waals surface area contributed by atoms with Crippen molar-refractivity contribution in [3.8, 4) is 5.75 Å². The molecule has 0 amide bonds. The third kappa shape index (κ3) is 3.32. The molecule has 2 atom stereocenters. The van der Waals surface area contributed by atoms with Gasteiger partial charge < -0.3 is 15.0 Å². The van der Waals surface area contributed by atoms with Crippen molar-refractivity contribution >= 4 is 15.5 Å². The molecule has 2 heterocycles. The molecule has 0 saturated carbocycles. The molecule has 0 spiro atoms. The fourth-order valence-corrected chi connectivity index (χ4v) is 5.55. The number of sulfone groups is 1. The summed E-state index contributed by atoms with van der Waals surface area (Å²) in [5.41, 5.74) is 2.23. The Labute approximate surface area is 161 Å². The third-order valence-corrected chi connectivity index (χ3v) is 7.66. The van der Waals surface area contributed by atoms with Gasteiger partial charge in [0.2, 0.25) is 9.84 Å². The van der Waals surface area contributed by atoms with Crippen molar-refractivity contribution < 1.29 is 13.2 Å². The number of anilines is 1. The van der Waals surface area contributed by atoms with E-state index >= 15 is 0 Å². The van der Waals surface area contributed by atoms with Gasteiger partial charge in [0.1, 0.15) is 5.75 Å². The van der Waals surface area contributed by atoms with Gasteiger partial charge in [-0.25, -0.2) is 8.42 Å². The number of nitrogens with one attached hydrogen (secondary N) is 1. The van der Waals surface area contributed by atoms with Crippen LogP contribution in [0.25, 0.3) is 0 Å². The molecule has 5 nitrogen and oxygen atoms in total. The van der Waals surface area contributed by atoms with Crippen molar-refractivity contribution in [1.29, 1.82) is 0 Å². The normalized spacial score (nSPS) is 22.4. The second-order valence-electron chi connectivity index (χ2n) is 7.30. The lowest BCUT2D eigenvalue weighted by Gasteiger charge is -2.17. The zero-order valence-corrected chi connectivity index (χ0v) is 16.6. The first-order chi connectivity index (χ1) is 13.0. The van der Waals surface area contributed by atoms with Crippen LogP contribution in [0.2, 0.25) is 0 Å². The van der Waals surface area contributed by atoms with E-state index in [4.69, 9.17) is 4.74 Å². The molecule has 0 radical (unpaired) electrons. The molecular weight excluding hydrogens is 360 g/mol. The first-order valence-corrected chi connectivity index (χ1v) is 11.0. The fourth-order valence-electron chi connectivity index (χ4n) is 4.26. The quantitative estimate of drug-likeness (QED) is 0.871. The Bertz CT molecular complexity index is 925. The second kappa shape index (κ2) is 7.17. The summed E-state index contributed by atoms with van der Waals surface area (Å²) in [6.45, 7) is 5.42. The molecule has 0 bridgehead atoms. The Balaban J connectivity index is 1.66. The number of likely N-dealkylation sites (tertiary alicyclic amines) is 1. The van der Waals surface area contributed by atoms with Crippen LogP contribution in [0.15, 0.2) is 52.3 Å². The molecule has 0 aromatic heterocycles. The number of hydrogen-bond donors (Lipinski definition) is 1. The van der Waals surface area contributed by atoms with Gasteiger partial charge in [-0.1, -0.05) is 6.92 Å². The molecule has 2 aliphatic heterocycles. The SMILES string of the molecule is CCN1CCC2Nc3ccc(S(=O)(=O)c4ccc(OC)cc4)cc3[C@@H]2CC1. The topological polar surface area (TPSA) is 58.6 Å². The number of nitrogens with zero attached hydrogens (tertiary/aromatic N) is 1. The van der Waals surface area contributed by atoms with Crippen LogP contribution in [0.5, 0.6) is 5.75 Å². The standard InChI is InChI=1S/C21H26N2O3S/c1-3-23-12-10-18-19-14-17(8-9-20(19)22-21(18)11-13-23)27(24,25)16-6-4-15(26-2)5-7-16/h4-9,14,18,21-22H,3,10-13H2,1-2H3/t18-,21?/m0/s1. The second-order valence-corrected chi connectivity index (χ2v) is 9.25. The number of benzene rings is 2. The maximum atomic E-state index is 13.1. The average Bonchev–Trinajstić information content (AvgIpc) is 2.91. The Morgan fingerprint density at radius 2 is 1.78 bits per heavy atom. The van der Waals surface area contributed by atoms with E-state index < -0.39 is 9.84 Å². The lowest BCUT2D eigenvalue weighted by Crippen LogP contribution is -2.25. The van der Waals surface area contributed by atoms with Crippen LogP contribution in [0, 0.1) is 0 Å². The first-order valence-electron chi connectivity index (χ1n) is 9.55. The average molecular weight is 387 g/mol. The van der Waals surface area contributed by atoms with E-state index in [-0.39, 0.29) is 0 Å². The Morgan fingerprint density at radius 1 is 1.07 bits per heavy atom. The van der Waals surface area contributed by atoms with Crippen LogP contribution < -0.4 is 10.1 Å². The van der Waals surface area contributed by atoms with Crippen LogP contribution in [0.4, 0.5) is 5.69 Å². The summed E-state index contributed by atoms with van der Waals surface area (Å²) in [6.07, 6.45) is 2.15. The van der Waals surface area contributed by atoms with Gasteiger partial charge in [0.15, 0.2) is 0 Å². The van der Waals surface area contributed by atoms with Crippen molar-refractivity contribution in [1.82, 2.24) is 4.90 Å². The molecule has 27 heavy (non-hydrogen) atoms. The van der Waals surface area contributed by atoms with E-state index in [0.717, 1.165) is 43.7 Å². The molecule has 1 unspecified atom stereocenters.